The van der Waals surface area contributed by atoms with Gasteiger partial charge in [-0.2, -0.15) is 5.26 Å². The number of aromatic nitrogens is 3. The van der Waals surface area contributed by atoms with Gasteiger partial charge in [0.05, 0.1) is 0 Å². The molecule has 1 aromatic rings. The van der Waals surface area contributed by atoms with Gasteiger partial charge in [0.15, 0.2) is 0 Å². The van der Waals surface area contributed by atoms with E-state index in [-0.39, 0.29) is 5.82 Å². The van der Waals surface area contributed by atoms with Gasteiger partial charge in [-0.05, 0) is 18.8 Å². The molecule has 1 aromatic heterocycles. The van der Waals surface area contributed by atoms with Gasteiger partial charge in [-0.3, -0.25) is 4.68 Å². The molecule has 0 atom stereocenters. The van der Waals surface area contributed by atoms with Crippen molar-refractivity contribution >= 4 is 0 Å². The van der Waals surface area contributed by atoms with Crippen molar-refractivity contribution in [2.24, 2.45) is 5.92 Å². The molecule has 2 rings (SSSR count). The predicted octanol–water partition coefficient (Wildman–Crippen LogP) is 0.576. The largest absolute Gasteiger partial charge is 0.381 e. The Morgan fingerprint density at radius 1 is 1.57 bits per heavy atom. The van der Waals surface area contributed by atoms with Crippen LogP contribution in [0.3, 0.4) is 0 Å². The van der Waals surface area contributed by atoms with Crippen molar-refractivity contribution in [3.05, 3.63) is 12.2 Å². The highest BCUT2D eigenvalue weighted by molar-refractivity contribution is 5.05. The summed E-state index contributed by atoms with van der Waals surface area (Å²) in [4.78, 5) is 3.86. The Labute approximate surface area is 82.3 Å². The number of ether oxygens (including phenoxy) is 1. The van der Waals surface area contributed by atoms with Crippen LogP contribution in [0.25, 0.3) is 0 Å². The van der Waals surface area contributed by atoms with E-state index in [4.69, 9.17) is 10.00 Å². The fraction of sp³-hybridized carbons (Fsp3) is 0.667. The molecule has 0 N–H and O–H groups in total. The Balaban J connectivity index is 1.93. The van der Waals surface area contributed by atoms with Crippen molar-refractivity contribution in [3.63, 3.8) is 0 Å². The number of hydrogen-bond donors (Lipinski definition) is 0. The van der Waals surface area contributed by atoms with Gasteiger partial charge in [0, 0.05) is 19.8 Å². The van der Waals surface area contributed by atoms with Crippen molar-refractivity contribution in [2.75, 3.05) is 13.2 Å². The fourth-order valence-corrected chi connectivity index (χ4v) is 1.63. The Morgan fingerprint density at radius 2 is 2.36 bits per heavy atom. The normalized spacial score (nSPS) is 17.9. The van der Waals surface area contributed by atoms with Gasteiger partial charge in [0.2, 0.25) is 0 Å². The van der Waals surface area contributed by atoms with Gasteiger partial charge in [0.1, 0.15) is 12.4 Å². The van der Waals surface area contributed by atoms with Crippen LogP contribution in [0.15, 0.2) is 6.33 Å². The summed E-state index contributed by atoms with van der Waals surface area (Å²) in [5.74, 6) is 0.856. The highest BCUT2D eigenvalue weighted by Gasteiger charge is 2.14. The molecule has 5 heteroatoms. The van der Waals surface area contributed by atoms with Gasteiger partial charge in [-0.15, -0.1) is 5.10 Å². The first-order valence-corrected chi connectivity index (χ1v) is 4.76. The zero-order chi connectivity index (χ0) is 9.80. The fourth-order valence-electron chi connectivity index (χ4n) is 1.63. The third-order valence-corrected chi connectivity index (χ3v) is 2.42. The van der Waals surface area contributed by atoms with E-state index in [1.807, 2.05) is 6.07 Å². The van der Waals surface area contributed by atoms with Gasteiger partial charge in [-0.25, -0.2) is 4.98 Å². The Kier molecular flexibility index (Phi) is 2.75. The molecule has 0 saturated carbocycles. The minimum absolute atomic E-state index is 0.247. The molecule has 0 aliphatic carbocycles. The monoisotopic (exact) mass is 192 g/mol. The molecule has 14 heavy (non-hydrogen) atoms. The van der Waals surface area contributed by atoms with E-state index >= 15 is 0 Å². The molecule has 0 aromatic carbocycles. The average Bonchev–Trinajstić information content (AvgIpc) is 2.67. The summed E-state index contributed by atoms with van der Waals surface area (Å²) in [6.07, 6.45) is 3.76. The SMILES string of the molecule is N#Cc1ncn(CC2CCOCC2)n1. The summed E-state index contributed by atoms with van der Waals surface area (Å²) in [5, 5.41) is 12.6. The van der Waals surface area contributed by atoms with Crippen LogP contribution in [0.4, 0.5) is 0 Å². The first-order valence-electron chi connectivity index (χ1n) is 4.76. The summed E-state index contributed by atoms with van der Waals surface area (Å²) < 4.78 is 7.01. The molecule has 1 saturated heterocycles. The van der Waals surface area contributed by atoms with Crippen LogP contribution in [-0.4, -0.2) is 28.0 Å². The van der Waals surface area contributed by atoms with Gasteiger partial charge >= 0.3 is 0 Å². The molecule has 0 bridgehead atoms. The third kappa shape index (κ3) is 2.09. The van der Waals surface area contributed by atoms with E-state index in [0.717, 1.165) is 32.6 Å². The second-order valence-corrected chi connectivity index (χ2v) is 3.46. The van der Waals surface area contributed by atoms with Crippen molar-refractivity contribution in [1.82, 2.24) is 14.8 Å². The maximum atomic E-state index is 8.55. The number of hydrogen-bond acceptors (Lipinski definition) is 4. The Morgan fingerprint density at radius 3 is 3.00 bits per heavy atom. The lowest BCUT2D eigenvalue weighted by atomic mass is 10.0. The van der Waals surface area contributed by atoms with Gasteiger partial charge in [-0.1, -0.05) is 0 Å². The third-order valence-electron chi connectivity index (χ3n) is 2.42. The van der Waals surface area contributed by atoms with E-state index < -0.39 is 0 Å². The first kappa shape index (κ1) is 9.16. The van der Waals surface area contributed by atoms with Crippen LogP contribution in [-0.2, 0) is 11.3 Å². The second-order valence-electron chi connectivity index (χ2n) is 3.46. The van der Waals surface area contributed by atoms with Crippen molar-refractivity contribution < 1.29 is 4.74 Å². The van der Waals surface area contributed by atoms with E-state index in [0.29, 0.717) is 5.92 Å². The summed E-state index contributed by atoms with van der Waals surface area (Å²) in [7, 11) is 0. The lowest BCUT2D eigenvalue weighted by Crippen LogP contribution is -2.20. The molecule has 5 nitrogen and oxygen atoms in total. The van der Waals surface area contributed by atoms with Crippen LogP contribution in [0.1, 0.15) is 18.7 Å². The number of rotatable bonds is 2. The number of nitriles is 1. The molecular formula is C9H12N4O. The standard InChI is InChI=1S/C9H12N4O/c10-5-9-11-7-13(12-9)6-8-1-3-14-4-2-8/h7-8H,1-4,6H2. The summed E-state index contributed by atoms with van der Waals surface area (Å²) >= 11 is 0. The van der Waals surface area contributed by atoms with Gasteiger partial charge in [0.25, 0.3) is 5.82 Å². The molecule has 0 unspecified atom stereocenters. The molecule has 1 fully saturated rings. The number of nitrogens with zero attached hydrogens (tertiary/aromatic N) is 4. The molecule has 0 spiro atoms. The zero-order valence-corrected chi connectivity index (χ0v) is 7.89. The summed E-state index contributed by atoms with van der Waals surface area (Å²) in [6.45, 7) is 2.52. The maximum absolute atomic E-state index is 8.55. The second kappa shape index (κ2) is 4.20. The van der Waals surface area contributed by atoms with E-state index in [9.17, 15) is 0 Å². The van der Waals surface area contributed by atoms with Crippen LogP contribution < -0.4 is 0 Å². The van der Waals surface area contributed by atoms with E-state index in [1.165, 1.54) is 0 Å². The minimum Gasteiger partial charge on any atom is -0.381 e. The molecule has 1 aliphatic heterocycles. The maximum Gasteiger partial charge on any atom is 0.252 e. The van der Waals surface area contributed by atoms with Crippen molar-refractivity contribution in [3.8, 4) is 6.07 Å². The highest BCUT2D eigenvalue weighted by Crippen LogP contribution is 2.16. The lowest BCUT2D eigenvalue weighted by Gasteiger charge is -2.21. The predicted molar refractivity (Wildman–Crippen MR) is 48.3 cm³/mol. The molecule has 74 valence electrons. The van der Waals surface area contributed by atoms with E-state index in [1.54, 1.807) is 11.0 Å². The average molecular weight is 192 g/mol. The Hall–Kier alpha value is -1.41. The molecular weight excluding hydrogens is 180 g/mol. The van der Waals surface area contributed by atoms with Gasteiger partial charge < -0.3 is 4.74 Å². The van der Waals surface area contributed by atoms with Crippen LogP contribution in [0.5, 0.6) is 0 Å². The molecule has 0 radical (unpaired) electrons. The van der Waals surface area contributed by atoms with Crippen molar-refractivity contribution in [1.29, 1.82) is 5.26 Å². The minimum atomic E-state index is 0.247. The highest BCUT2D eigenvalue weighted by atomic mass is 16.5. The summed E-state index contributed by atoms with van der Waals surface area (Å²) in [6, 6.07) is 1.92. The Bertz CT molecular complexity index is 335. The van der Waals surface area contributed by atoms with Crippen molar-refractivity contribution in [2.45, 2.75) is 19.4 Å². The smallest absolute Gasteiger partial charge is 0.252 e. The molecule has 1 aliphatic rings. The van der Waals surface area contributed by atoms with Crippen LogP contribution in [0, 0.1) is 17.2 Å². The van der Waals surface area contributed by atoms with Crippen LogP contribution in [0.2, 0.25) is 0 Å². The molecule has 2 heterocycles. The first-order chi connectivity index (χ1) is 6.88. The van der Waals surface area contributed by atoms with E-state index in [2.05, 4.69) is 10.1 Å². The quantitative estimate of drug-likeness (QED) is 0.687. The zero-order valence-electron chi connectivity index (χ0n) is 7.89. The van der Waals surface area contributed by atoms with Crippen LogP contribution >= 0.6 is 0 Å². The summed E-state index contributed by atoms with van der Waals surface area (Å²) in [5.41, 5.74) is 0. The lowest BCUT2D eigenvalue weighted by molar-refractivity contribution is 0.0601. The molecule has 0 amide bonds. The topological polar surface area (TPSA) is 63.7 Å².